The predicted octanol–water partition coefficient (Wildman–Crippen LogP) is 5.65. The molecule has 1 unspecified atom stereocenters. The molecule has 1 atom stereocenters. The number of methoxy groups -OCH3 is 1. The summed E-state index contributed by atoms with van der Waals surface area (Å²) in [6.07, 6.45) is 2.01. The fourth-order valence-corrected chi connectivity index (χ4v) is 2.63. The largest absolute Gasteiger partial charge is 0.488 e. The molecule has 0 amide bonds. The van der Waals surface area contributed by atoms with E-state index in [0.29, 0.717) is 6.61 Å². The molecule has 3 nitrogen and oxygen atoms in total. The van der Waals surface area contributed by atoms with Crippen LogP contribution in [0.2, 0.25) is 0 Å². The lowest BCUT2D eigenvalue weighted by Gasteiger charge is -2.16. The van der Waals surface area contributed by atoms with E-state index < -0.39 is 0 Å². The van der Waals surface area contributed by atoms with Crippen LogP contribution in [0.5, 0.6) is 17.2 Å². The number of hydrogen-bond donors (Lipinski definition) is 0. The Balaban J connectivity index is 2.23. The van der Waals surface area contributed by atoms with Gasteiger partial charge in [0.2, 0.25) is 0 Å². The molecule has 2 aromatic rings. The lowest BCUT2D eigenvalue weighted by molar-refractivity contribution is 0.0919. The van der Waals surface area contributed by atoms with Crippen molar-refractivity contribution in [3.05, 3.63) is 54.6 Å². The van der Waals surface area contributed by atoms with Crippen LogP contribution in [0.3, 0.4) is 0 Å². The maximum Gasteiger partial charge on any atom is 0.131 e. The van der Waals surface area contributed by atoms with Gasteiger partial charge in [0.15, 0.2) is 0 Å². The summed E-state index contributed by atoms with van der Waals surface area (Å²) < 4.78 is 17.0. The molecule has 0 radical (unpaired) electrons. The SMILES string of the molecule is C=C(C)c1cc(Oc2ccc(SC)cc2)cc(OC(C)COC)c1. The average molecular weight is 344 g/mol. The highest BCUT2D eigenvalue weighted by Crippen LogP contribution is 2.31. The lowest BCUT2D eigenvalue weighted by atomic mass is 10.1. The molecular weight excluding hydrogens is 320 g/mol. The summed E-state index contributed by atoms with van der Waals surface area (Å²) in [4.78, 5) is 1.20. The normalized spacial score (nSPS) is 11.8. The van der Waals surface area contributed by atoms with Crippen molar-refractivity contribution in [3.63, 3.8) is 0 Å². The molecule has 0 spiro atoms. The first-order valence-corrected chi connectivity index (χ1v) is 9.02. The summed E-state index contributed by atoms with van der Waals surface area (Å²) in [5.74, 6) is 2.27. The van der Waals surface area contributed by atoms with Gasteiger partial charge in [0, 0.05) is 18.1 Å². The monoisotopic (exact) mass is 344 g/mol. The second-order valence-electron chi connectivity index (χ2n) is 5.63. The smallest absolute Gasteiger partial charge is 0.131 e. The van der Waals surface area contributed by atoms with E-state index in [1.165, 1.54) is 4.90 Å². The summed E-state index contributed by atoms with van der Waals surface area (Å²) in [7, 11) is 1.66. The number of thioether (sulfide) groups is 1. The van der Waals surface area contributed by atoms with Gasteiger partial charge in [-0.25, -0.2) is 0 Å². The Bertz CT molecular complexity index is 680. The third kappa shape index (κ3) is 5.32. The van der Waals surface area contributed by atoms with Gasteiger partial charge in [-0.1, -0.05) is 12.2 Å². The van der Waals surface area contributed by atoms with Crippen LogP contribution >= 0.6 is 11.8 Å². The van der Waals surface area contributed by atoms with Crippen molar-refractivity contribution in [2.75, 3.05) is 20.0 Å². The highest BCUT2D eigenvalue weighted by molar-refractivity contribution is 7.98. The van der Waals surface area contributed by atoms with Gasteiger partial charge in [-0.05, 0) is 62.1 Å². The minimum absolute atomic E-state index is 0.0379. The maximum atomic E-state index is 5.99. The molecule has 128 valence electrons. The quantitative estimate of drug-likeness (QED) is 0.579. The van der Waals surface area contributed by atoms with Gasteiger partial charge in [-0.3, -0.25) is 0 Å². The molecule has 2 rings (SSSR count). The van der Waals surface area contributed by atoms with E-state index in [2.05, 4.69) is 12.8 Å². The van der Waals surface area contributed by atoms with Crippen molar-refractivity contribution >= 4 is 17.3 Å². The van der Waals surface area contributed by atoms with Crippen LogP contribution in [0.1, 0.15) is 19.4 Å². The molecule has 4 heteroatoms. The third-order valence-corrected chi connectivity index (χ3v) is 4.15. The molecule has 0 saturated carbocycles. The summed E-state index contributed by atoms with van der Waals surface area (Å²) in [5.41, 5.74) is 1.95. The standard InChI is InChI=1S/C20H24O3S/c1-14(2)16-10-18(22-15(3)13-21-4)12-19(11-16)23-17-6-8-20(24-5)9-7-17/h6-12,15H,1,13H2,2-5H3. The van der Waals surface area contributed by atoms with Crippen LogP contribution in [0.25, 0.3) is 5.57 Å². The van der Waals surface area contributed by atoms with E-state index in [-0.39, 0.29) is 6.10 Å². The summed E-state index contributed by atoms with van der Waals surface area (Å²) in [5, 5.41) is 0. The van der Waals surface area contributed by atoms with E-state index in [1.807, 2.05) is 56.3 Å². The van der Waals surface area contributed by atoms with Gasteiger partial charge in [0.05, 0.1) is 6.61 Å². The highest BCUT2D eigenvalue weighted by Gasteiger charge is 2.09. The molecule has 0 N–H and O–H groups in total. The second-order valence-corrected chi connectivity index (χ2v) is 6.51. The molecule has 0 aromatic heterocycles. The van der Waals surface area contributed by atoms with E-state index in [1.54, 1.807) is 18.9 Å². The topological polar surface area (TPSA) is 27.7 Å². The van der Waals surface area contributed by atoms with Crippen LogP contribution in [0.4, 0.5) is 0 Å². The van der Waals surface area contributed by atoms with Crippen molar-refractivity contribution < 1.29 is 14.2 Å². The Labute approximate surface area is 148 Å². The molecular formula is C20H24O3S. The van der Waals surface area contributed by atoms with Gasteiger partial charge < -0.3 is 14.2 Å². The molecule has 0 bridgehead atoms. The van der Waals surface area contributed by atoms with Crippen LogP contribution in [0.15, 0.2) is 53.9 Å². The van der Waals surface area contributed by atoms with Crippen LogP contribution in [-0.4, -0.2) is 26.1 Å². The lowest BCUT2D eigenvalue weighted by Crippen LogP contribution is -2.18. The van der Waals surface area contributed by atoms with Gasteiger partial charge in [-0.2, -0.15) is 0 Å². The fraction of sp³-hybridized carbons (Fsp3) is 0.300. The van der Waals surface area contributed by atoms with Crippen molar-refractivity contribution in [3.8, 4) is 17.2 Å². The second kappa shape index (κ2) is 8.81. The zero-order valence-electron chi connectivity index (χ0n) is 14.7. The Kier molecular flexibility index (Phi) is 6.76. The third-order valence-electron chi connectivity index (χ3n) is 3.41. The first-order valence-electron chi connectivity index (χ1n) is 7.80. The van der Waals surface area contributed by atoms with E-state index in [0.717, 1.165) is 28.4 Å². The van der Waals surface area contributed by atoms with E-state index in [9.17, 15) is 0 Å². The zero-order chi connectivity index (χ0) is 17.5. The Hall–Kier alpha value is -1.91. The molecule has 2 aromatic carbocycles. The molecule has 0 fully saturated rings. The number of allylic oxidation sites excluding steroid dienone is 1. The fourth-order valence-electron chi connectivity index (χ4n) is 2.23. The van der Waals surface area contributed by atoms with E-state index >= 15 is 0 Å². The molecule has 0 heterocycles. The summed E-state index contributed by atoms with van der Waals surface area (Å²) in [6, 6.07) is 13.8. The van der Waals surface area contributed by atoms with Crippen LogP contribution in [0, 0.1) is 0 Å². The average Bonchev–Trinajstić information content (AvgIpc) is 2.55. The highest BCUT2D eigenvalue weighted by atomic mass is 32.2. The van der Waals surface area contributed by atoms with Gasteiger partial charge in [0.1, 0.15) is 23.4 Å². The van der Waals surface area contributed by atoms with Crippen molar-refractivity contribution in [2.24, 2.45) is 0 Å². The molecule has 24 heavy (non-hydrogen) atoms. The van der Waals surface area contributed by atoms with Crippen LogP contribution in [-0.2, 0) is 4.74 Å². The Morgan fingerprint density at radius 3 is 2.33 bits per heavy atom. The van der Waals surface area contributed by atoms with Crippen molar-refractivity contribution in [2.45, 2.75) is 24.8 Å². The van der Waals surface area contributed by atoms with E-state index in [4.69, 9.17) is 14.2 Å². The van der Waals surface area contributed by atoms with Gasteiger partial charge >= 0.3 is 0 Å². The molecule has 0 aliphatic rings. The molecule has 0 saturated heterocycles. The van der Waals surface area contributed by atoms with Gasteiger partial charge in [-0.15, -0.1) is 11.8 Å². The van der Waals surface area contributed by atoms with Crippen LogP contribution < -0.4 is 9.47 Å². The minimum atomic E-state index is -0.0379. The minimum Gasteiger partial charge on any atom is -0.488 e. The predicted molar refractivity (Wildman–Crippen MR) is 101 cm³/mol. The first kappa shape index (κ1) is 18.4. The van der Waals surface area contributed by atoms with Crippen molar-refractivity contribution in [1.82, 2.24) is 0 Å². The Morgan fingerprint density at radius 1 is 1.08 bits per heavy atom. The number of ether oxygens (including phenoxy) is 3. The number of hydrogen-bond acceptors (Lipinski definition) is 4. The molecule has 0 aliphatic carbocycles. The number of benzene rings is 2. The first-order chi connectivity index (χ1) is 11.5. The summed E-state index contributed by atoms with van der Waals surface area (Å²) in [6.45, 7) is 8.48. The molecule has 0 aliphatic heterocycles. The number of rotatable bonds is 8. The zero-order valence-corrected chi connectivity index (χ0v) is 15.5. The summed E-state index contributed by atoms with van der Waals surface area (Å²) >= 11 is 1.71. The Morgan fingerprint density at radius 2 is 1.75 bits per heavy atom. The van der Waals surface area contributed by atoms with Crippen molar-refractivity contribution in [1.29, 1.82) is 0 Å². The maximum absolute atomic E-state index is 5.99. The van der Waals surface area contributed by atoms with Gasteiger partial charge in [0.25, 0.3) is 0 Å².